The van der Waals surface area contributed by atoms with Crippen molar-refractivity contribution in [3.05, 3.63) is 18.0 Å². The van der Waals surface area contributed by atoms with Crippen molar-refractivity contribution in [2.75, 3.05) is 31.1 Å². The summed E-state index contributed by atoms with van der Waals surface area (Å²) in [5, 5.41) is 0. The number of anilines is 1. The minimum Gasteiger partial charge on any atom is -0.465 e. The molecule has 0 aromatic carbocycles. The van der Waals surface area contributed by atoms with Crippen LogP contribution in [0.15, 0.2) is 12.4 Å². The number of fused-ring (bicyclic) bond motifs is 2. The lowest BCUT2D eigenvalue weighted by Crippen LogP contribution is -2.55. The van der Waals surface area contributed by atoms with Gasteiger partial charge in [-0.3, -0.25) is 9.69 Å². The van der Waals surface area contributed by atoms with Gasteiger partial charge in [-0.15, -0.1) is 0 Å². The van der Waals surface area contributed by atoms with E-state index in [1.807, 2.05) is 4.90 Å². The average molecular weight is 344 g/mol. The number of nitrogens with zero attached hydrogens (tertiary/aromatic N) is 4. The van der Waals surface area contributed by atoms with E-state index in [0.29, 0.717) is 32.2 Å². The fourth-order valence-electron chi connectivity index (χ4n) is 3.44. The molecule has 2 bridgehead atoms. The second-order valence-electron chi connectivity index (χ2n) is 6.14. The number of alkyl halides is 3. The Kier molecular flexibility index (Phi) is 4.62. The van der Waals surface area contributed by atoms with Crippen LogP contribution in [-0.2, 0) is 15.7 Å². The van der Waals surface area contributed by atoms with Gasteiger partial charge in [0, 0.05) is 51.0 Å². The summed E-state index contributed by atoms with van der Waals surface area (Å²) in [4.78, 5) is 22.9. The quantitative estimate of drug-likeness (QED) is 0.775. The second kappa shape index (κ2) is 6.54. The van der Waals surface area contributed by atoms with Crippen LogP contribution in [0, 0.1) is 0 Å². The van der Waals surface area contributed by atoms with E-state index in [0.717, 1.165) is 25.2 Å². The van der Waals surface area contributed by atoms with E-state index in [1.165, 1.54) is 6.92 Å². The first-order valence-electron chi connectivity index (χ1n) is 7.88. The van der Waals surface area contributed by atoms with Crippen LogP contribution >= 0.6 is 0 Å². The molecule has 6 nitrogen and oxygen atoms in total. The zero-order valence-electron chi connectivity index (χ0n) is 13.3. The lowest BCUT2D eigenvalue weighted by atomic mass is 10.2. The fourth-order valence-corrected chi connectivity index (χ4v) is 3.44. The number of ether oxygens (including phenoxy) is 1. The maximum atomic E-state index is 12.6. The molecule has 1 aromatic heterocycles. The van der Waals surface area contributed by atoms with Gasteiger partial charge in [-0.25, -0.2) is 9.97 Å². The van der Waals surface area contributed by atoms with Crippen molar-refractivity contribution >= 4 is 11.9 Å². The Labute approximate surface area is 137 Å². The maximum Gasteiger partial charge on any atom is 0.419 e. The Bertz CT molecular complexity index is 579. The van der Waals surface area contributed by atoms with Crippen LogP contribution in [0.3, 0.4) is 0 Å². The molecule has 2 fully saturated rings. The van der Waals surface area contributed by atoms with Crippen LogP contribution in [0.5, 0.6) is 0 Å². The standard InChI is InChI=1S/C15H19F3N4O2/c1-10(23)24-5-4-22-12-2-3-13(22)9-21(8-12)14-19-6-11(7-20-14)15(16,17)18/h6-7,12-13H,2-5,8-9H2,1H3. The number of hydrogen-bond donors (Lipinski definition) is 0. The highest BCUT2D eigenvalue weighted by atomic mass is 19.4. The number of carbonyl (C=O) groups is 1. The van der Waals surface area contributed by atoms with Crippen molar-refractivity contribution in [3.8, 4) is 0 Å². The van der Waals surface area contributed by atoms with E-state index in [1.54, 1.807) is 0 Å². The van der Waals surface area contributed by atoms with Gasteiger partial charge in [-0.05, 0) is 12.8 Å². The minimum absolute atomic E-state index is 0.283. The van der Waals surface area contributed by atoms with Crippen LogP contribution in [0.2, 0.25) is 0 Å². The van der Waals surface area contributed by atoms with Crippen LogP contribution in [0.4, 0.5) is 19.1 Å². The predicted molar refractivity (Wildman–Crippen MR) is 79.4 cm³/mol. The summed E-state index contributed by atoms with van der Waals surface area (Å²) in [6, 6.07) is 0.565. The molecule has 0 saturated carbocycles. The Morgan fingerprint density at radius 3 is 2.33 bits per heavy atom. The molecule has 0 N–H and O–H groups in total. The van der Waals surface area contributed by atoms with E-state index >= 15 is 0 Å². The monoisotopic (exact) mass is 344 g/mol. The Hall–Kier alpha value is -1.90. The molecule has 2 aliphatic rings. The highest BCUT2D eigenvalue weighted by Gasteiger charge is 2.40. The molecule has 0 spiro atoms. The van der Waals surface area contributed by atoms with Crippen molar-refractivity contribution in [2.24, 2.45) is 0 Å². The van der Waals surface area contributed by atoms with Crippen LogP contribution in [-0.4, -0.2) is 59.2 Å². The summed E-state index contributed by atoms with van der Waals surface area (Å²) in [6.07, 6.45) is -0.731. The van der Waals surface area contributed by atoms with Crippen LogP contribution in [0.1, 0.15) is 25.3 Å². The van der Waals surface area contributed by atoms with Crippen molar-refractivity contribution in [1.29, 1.82) is 0 Å². The van der Waals surface area contributed by atoms with E-state index < -0.39 is 11.7 Å². The van der Waals surface area contributed by atoms with E-state index in [-0.39, 0.29) is 18.1 Å². The van der Waals surface area contributed by atoms with Gasteiger partial charge in [0.1, 0.15) is 6.61 Å². The van der Waals surface area contributed by atoms with Gasteiger partial charge in [-0.2, -0.15) is 13.2 Å². The maximum absolute atomic E-state index is 12.6. The summed E-state index contributed by atoms with van der Waals surface area (Å²) in [6.45, 7) is 3.76. The summed E-state index contributed by atoms with van der Waals surface area (Å²) >= 11 is 0. The van der Waals surface area contributed by atoms with Gasteiger partial charge in [0.15, 0.2) is 0 Å². The van der Waals surface area contributed by atoms with Crippen molar-refractivity contribution in [2.45, 2.75) is 38.0 Å². The Morgan fingerprint density at radius 1 is 1.25 bits per heavy atom. The third-order valence-electron chi connectivity index (χ3n) is 4.54. The number of carbonyl (C=O) groups excluding carboxylic acids is 1. The van der Waals surface area contributed by atoms with Gasteiger partial charge in [0.2, 0.25) is 5.95 Å². The number of aromatic nitrogens is 2. The molecular weight excluding hydrogens is 325 g/mol. The first-order valence-corrected chi connectivity index (χ1v) is 7.88. The third-order valence-corrected chi connectivity index (χ3v) is 4.54. The predicted octanol–water partition coefficient (Wildman–Crippen LogP) is 1.71. The largest absolute Gasteiger partial charge is 0.465 e. The normalized spacial score (nSPS) is 24.2. The van der Waals surface area contributed by atoms with Gasteiger partial charge in [0.25, 0.3) is 0 Å². The second-order valence-corrected chi connectivity index (χ2v) is 6.14. The molecule has 2 aliphatic heterocycles. The molecule has 1 aromatic rings. The first-order chi connectivity index (χ1) is 11.3. The summed E-state index contributed by atoms with van der Waals surface area (Å²) in [5.74, 6) is 0.0404. The summed E-state index contributed by atoms with van der Waals surface area (Å²) < 4.78 is 42.8. The molecule has 0 radical (unpaired) electrons. The van der Waals surface area contributed by atoms with Crippen molar-refractivity contribution in [1.82, 2.24) is 14.9 Å². The topological polar surface area (TPSA) is 58.6 Å². The van der Waals surface area contributed by atoms with Crippen LogP contribution in [0.25, 0.3) is 0 Å². The highest BCUT2D eigenvalue weighted by Crippen LogP contribution is 2.32. The first kappa shape index (κ1) is 16.9. The van der Waals surface area contributed by atoms with Crippen molar-refractivity contribution < 1.29 is 22.7 Å². The Morgan fingerprint density at radius 2 is 1.83 bits per heavy atom. The molecule has 3 rings (SSSR count). The molecule has 2 unspecified atom stereocenters. The number of rotatable bonds is 4. The van der Waals surface area contributed by atoms with Crippen LogP contribution < -0.4 is 4.90 Å². The molecule has 2 saturated heterocycles. The molecule has 0 amide bonds. The lowest BCUT2D eigenvalue weighted by Gasteiger charge is -2.40. The number of halogens is 3. The average Bonchev–Trinajstić information content (AvgIpc) is 2.76. The van der Waals surface area contributed by atoms with Gasteiger partial charge in [0.05, 0.1) is 5.56 Å². The minimum atomic E-state index is -4.42. The Balaban J connectivity index is 1.62. The number of piperazine rings is 1. The molecule has 3 heterocycles. The smallest absolute Gasteiger partial charge is 0.419 e. The molecular formula is C15H19F3N4O2. The molecule has 24 heavy (non-hydrogen) atoms. The van der Waals surface area contributed by atoms with Crippen molar-refractivity contribution in [3.63, 3.8) is 0 Å². The van der Waals surface area contributed by atoms with Gasteiger partial charge < -0.3 is 9.64 Å². The van der Waals surface area contributed by atoms with E-state index in [4.69, 9.17) is 4.74 Å². The molecule has 9 heteroatoms. The lowest BCUT2D eigenvalue weighted by molar-refractivity contribution is -0.141. The molecule has 0 aliphatic carbocycles. The summed E-state index contributed by atoms with van der Waals surface area (Å²) in [5.41, 5.74) is -0.839. The van der Waals surface area contributed by atoms with Gasteiger partial charge in [-0.1, -0.05) is 0 Å². The van der Waals surface area contributed by atoms with Gasteiger partial charge >= 0.3 is 12.1 Å². The summed E-state index contributed by atoms with van der Waals surface area (Å²) in [7, 11) is 0. The zero-order chi connectivity index (χ0) is 17.3. The SMILES string of the molecule is CC(=O)OCCN1C2CCC1CN(c1ncc(C(F)(F)F)cn1)C2. The third kappa shape index (κ3) is 3.61. The van der Waals surface area contributed by atoms with E-state index in [9.17, 15) is 18.0 Å². The fraction of sp³-hybridized carbons (Fsp3) is 0.667. The molecule has 132 valence electrons. The van der Waals surface area contributed by atoms with E-state index in [2.05, 4.69) is 14.9 Å². The zero-order valence-corrected chi connectivity index (χ0v) is 13.3. The molecule has 2 atom stereocenters. The number of esters is 1. The number of hydrogen-bond acceptors (Lipinski definition) is 6. The highest BCUT2D eigenvalue weighted by molar-refractivity contribution is 5.65.